The van der Waals surface area contributed by atoms with Gasteiger partial charge < -0.3 is 0 Å². The van der Waals surface area contributed by atoms with Crippen LogP contribution < -0.4 is 7.52 Å². The Bertz CT molecular complexity index is 488. The third-order valence-corrected chi connectivity index (χ3v) is 6.69. The summed E-state index contributed by atoms with van der Waals surface area (Å²) in [6.45, 7) is 0. The Morgan fingerprint density at radius 2 is 0.895 bits per heavy atom. The van der Waals surface area contributed by atoms with Crippen LogP contribution in [-0.4, -0.2) is 19.6 Å². The van der Waals surface area contributed by atoms with Crippen LogP contribution >= 0.6 is 15.6 Å². The van der Waals surface area contributed by atoms with Gasteiger partial charge in [0.25, 0.3) is 0 Å². The molecule has 0 amide bonds. The number of phosphoric acid groups is 2. The first-order valence-corrected chi connectivity index (χ1v) is 12.5. The third kappa shape index (κ3) is 32.7. The molecule has 0 bridgehead atoms. The molecular weight excluding hydrogens is 543 g/mol. The normalized spacial score (nSPS) is 12.9. The SMILES string of the molecule is O=P(O)(O)[O][Mo](=[O])(=[O])[O-].O=P(O)(O)[O][Mo](=[O])(=[O])[O-].[Zn+2]. The van der Waals surface area contributed by atoms with Crippen LogP contribution in [0.1, 0.15) is 0 Å². The van der Waals surface area contributed by atoms with E-state index in [1.807, 2.05) is 0 Å². The third-order valence-electron chi connectivity index (χ3n) is 0.377. The summed E-state index contributed by atoms with van der Waals surface area (Å²) in [6.07, 6.45) is 0. The fourth-order valence-corrected chi connectivity index (χ4v) is 4.22. The van der Waals surface area contributed by atoms with Crippen molar-refractivity contribution >= 4 is 15.6 Å². The second-order valence-electron chi connectivity index (χ2n) is 1.95. The van der Waals surface area contributed by atoms with Crippen molar-refractivity contribution in [3.8, 4) is 0 Å². The van der Waals surface area contributed by atoms with Crippen molar-refractivity contribution in [2.45, 2.75) is 0 Å². The van der Waals surface area contributed by atoms with E-state index in [0.717, 1.165) is 0 Å². The molecule has 0 aliphatic carbocycles. The zero-order valence-electron chi connectivity index (χ0n) is 8.29. The Balaban J connectivity index is -0.000000256. The molecule has 0 aliphatic rings. The maximum Gasteiger partial charge on any atom is 2.00 e. The average molecular weight is 547 g/mol. The first kappa shape index (κ1) is 25.3. The van der Waals surface area contributed by atoms with Gasteiger partial charge in [-0.25, -0.2) is 0 Å². The molecule has 0 rings (SSSR count). The summed E-state index contributed by atoms with van der Waals surface area (Å²) < 4.78 is 81.7. The summed E-state index contributed by atoms with van der Waals surface area (Å²) in [5, 5.41) is 0. The van der Waals surface area contributed by atoms with E-state index < -0.39 is 49.1 Å². The van der Waals surface area contributed by atoms with Gasteiger partial charge >= 0.3 is 125 Å². The molecule has 0 heterocycles. The van der Waals surface area contributed by atoms with E-state index in [1.54, 1.807) is 0 Å². The van der Waals surface area contributed by atoms with Crippen LogP contribution in [0.3, 0.4) is 0 Å². The second kappa shape index (κ2) is 8.70. The van der Waals surface area contributed by atoms with Gasteiger partial charge in [-0.2, -0.15) is 0 Å². The second-order valence-corrected chi connectivity index (χ2v) is 10.4. The molecular formula is H4Mo2O14P2Zn. The summed E-state index contributed by atoms with van der Waals surface area (Å²) in [7, 11) is -10.3. The predicted molar refractivity (Wildman–Crippen MR) is 29.0 cm³/mol. The Labute approximate surface area is 124 Å². The van der Waals surface area contributed by atoms with Crippen molar-refractivity contribution < 1.29 is 109 Å². The fraction of sp³-hybridized carbons (Fsp3) is 0. The van der Waals surface area contributed by atoms with E-state index in [2.05, 4.69) is 6.35 Å². The van der Waals surface area contributed by atoms with Gasteiger partial charge in [-0.05, 0) is 0 Å². The molecule has 0 fully saturated rings. The standard InChI is InChI=1S/2Mo.2H3O4P.6O.Zn/c;;2*1-5(2,3)4;;;;;;;/h;;2*(H3,1,2,3,4);;;;;;;/q2*+1;;;;;;;2*-1;+2/p-2. The number of rotatable bonds is 4. The van der Waals surface area contributed by atoms with Gasteiger partial charge in [-0.1, -0.05) is 0 Å². The van der Waals surface area contributed by atoms with Gasteiger partial charge in [0.05, 0.1) is 0 Å². The topological polar surface area (TPSA) is 248 Å². The Morgan fingerprint density at radius 1 is 0.737 bits per heavy atom. The Kier molecular flexibility index (Phi) is 11.6. The number of hydrogen-bond donors (Lipinski definition) is 4. The Hall–Kier alpha value is 1.34. The van der Waals surface area contributed by atoms with Crippen molar-refractivity contribution in [2.24, 2.45) is 0 Å². The molecule has 0 saturated carbocycles. The van der Waals surface area contributed by atoms with Gasteiger partial charge in [0.2, 0.25) is 0 Å². The maximum absolute atomic E-state index is 9.57. The summed E-state index contributed by atoms with van der Waals surface area (Å²) in [6, 6.07) is 0. The molecule has 0 saturated heterocycles. The largest absolute Gasteiger partial charge is 2.00 e. The van der Waals surface area contributed by atoms with E-state index in [9.17, 15) is 30.2 Å². The van der Waals surface area contributed by atoms with Gasteiger partial charge in [0, 0.05) is 0 Å². The molecule has 0 aromatic heterocycles. The summed E-state index contributed by atoms with van der Waals surface area (Å²) in [5.74, 6) is 0. The molecule has 0 aromatic rings. The first-order valence-electron chi connectivity index (χ1n) is 2.86. The molecule has 0 atom stereocenters. The predicted octanol–water partition coefficient (Wildman–Crippen LogP) is -3.74. The number of hydrogen-bond acceptors (Lipinski definition) is 10. The van der Waals surface area contributed by atoms with Crippen LogP contribution in [0.5, 0.6) is 0 Å². The fourth-order valence-electron chi connectivity index (χ4n) is 0.238. The van der Waals surface area contributed by atoms with E-state index in [-0.39, 0.29) is 19.5 Å². The molecule has 19 heteroatoms. The molecule has 4 N–H and O–H groups in total. The first-order chi connectivity index (χ1) is 7.41. The Morgan fingerprint density at radius 3 is 0.895 bits per heavy atom. The van der Waals surface area contributed by atoms with Crippen molar-refractivity contribution in [3.63, 3.8) is 0 Å². The monoisotopic (exact) mass is 550 g/mol. The minimum Gasteiger partial charge on any atom is 2.00 e. The molecule has 0 unspecified atom stereocenters. The van der Waals surface area contributed by atoms with E-state index >= 15 is 0 Å². The van der Waals surface area contributed by atoms with Crippen LogP contribution in [-0.2, 0) is 82.0 Å². The molecule has 0 aromatic carbocycles. The van der Waals surface area contributed by atoms with Crippen LogP contribution in [0, 0.1) is 0 Å². The van der Waals surface area contributed by atoms with Crippen molar-refractivity contribution in [1.29, 1.82) is 0 Å². The van der Waals surface area contributed by atoms with Crippen molar-refractivity contribution in [1.82, 2.24) is 0 Å². The van der Waals surface area contributed by atoms with E-state index in [0.29, 0.717) is 0 Å². The van der Waals surface area contributed by atoms with Crippen LogP contribution in [0.25, 0.3) is 0 Å². The summed E-state index contributed by atoms with van der Waals surface area (Å²) in [4.78, 5) is 30.8. The van der Waals surface area contributed by atoms with Crippen LogP contribution in [0.15, 0.2) is 0 Å². The molecule has 0 spiro atoms. The van der Waals surface area contributed by atoms with Crippen LogP contribution in [0.2, 0.25) is 0 Å². The summed E-state index contributed by atoms with van der Waals surface area (Å²) in [5.41, 5.74) is 0. The molecule has 19 heavy (non-hydrogen) atoms. The van der Waals surface area contributed by atoms with Gasteiger partial charge in [0.1, 0.15) is 0 Å². The molecule has 14 nitrogen and oxygen atoms in total. The van der Waals surface area contributed by atoms with Gasteiger partial charge in [-0.15, -0.1) is 0 Å². The summed E-state index contributed by atoms with van der Waals surface area (Å²) >= 11 is -12.6. The average Bonchev–Trinajstić information content (AvgIpc) is 1.64. The smallest absolute Gasteiger partial charge is 2.00 e. The minimum atomic E-state index is -6.28. The molecule has 0 aliphatic heterocycles. The molecule has 0 radical (unpaired) electrons. The quantitative estimate of drug-likeness (QED) is 0.195. The van der Waals surface area contributed by atoms with Crippen molar-refractivity contribution in [2.75, 3.05) is 0 Å². The maximum atomic E-state index is 9.57. The van der Waals surface area contributed by atoms with Gasteiger partial charge in [-0.3, -0.25) is 0 Å². The van der Waals surface area contributed by atoms with Crippen LogP contribution in [0.4, 0.5) is 0 Å². The van der Waals surface area contributed by atoms with E-state index in [1.165, 1.54) is 0 Å². The molecule has 112 valence electrons. The zero-order chi connectivity index (χ0) is 15.4. The van der Waals surface area contributed by atoms with Gasteiger partial charge in [0.15, 0.2) is 0 Å². The van der Waals surface area contributed by atoms with E-state index in [4.69, 9.17) is 19.6 Å². The van der Waals surface area contributed by atoms with Crippen molar-refractivity contribution in [3.05, 3.63) is 0 Å². The minimum absolute atomic E-state index is 0. The zero-order valence-corrected chi connectivity index (χ0v) is 17.1.